The van der Waals surface area contributed by atoms with Crippen molar-refractivity contribution in [3.8, 4) is 0 Å². The van der Waals surface area contributed by atoms with Gasteiger partial charge in [0, 0.05) is 4.91 Å². The fourth-order valence-electron chi connectivity index (χ4n) is 0.722. The van der Waals surface area contributed by atoms with Crippen molar-refractivity contribution in [3.05, 3.63) is 10.4 Å². The number of rotatable bonds is 5. The average Bonchev–Trinajstić information content (AvgIpc) is 2.15. The first-order valence-corrected chi connectivity index (χ1v) is 3.79. The maximum absolute atomic E-state index is 11.8. The molecule has 0 amide bonds. The summed E-state index contributed by atoms with van der Waals surface area (Å²) in [5.41, 5.74) is 7.95. The molecule has 9 heteroatoms. The van der Waals surface area contributed by atoms with Crippen LogP contribution in [-0.2, 0) is 9.53 Å². The maximum atomic E-state index is 11.8. The molecule has 0 bridgehead atoms. The van der Waals surface area contributed by atoms with Crippen molar-refractivity contribution >= 4 is 5.97 Å². The van der Waals surface area contributed by atoms with E-state index in [1.807, 2.05) is 5.32 Å². The number of carbonyl (C=O) groups is 1. The molecule has 0 spiro atoms. The molecule has 0 radical (unpaired) electrons. The van der Waals surface area contributed by atoms with Gasteiger partial charge in [-0.2, -0.15) is 13.2 Å². The van der Waals surface area contributed by atoms with E-state index in [4.69, 9.17) is 5.53 Å². The molecular formula is C6H9F3N4O2. The number of alkyl halides is 3. The Labute approximate surface area is 83.0 Å². The lowest BCUT2D eigenvalue weighted by molar-refractivity contribution is -0.146. The number of hydrogen-bond donors (Lipinski definition) is 1. The standard InChI is InChI=1S/C6H9F3N4O2/c1-15-5(14)4(2-12-13-10)11-3-6(7,8)9/h4,11H,2-3H2,1H3. The first-order chi connectivity index (χ1) is 6.90. The Hall–Kier alpha value is -1.47. The van der Waals surface area contributed by atoms with E-state index in [0.29, 0.717) is 0 Å². The molecule has 0 rings (SSSR count). The van der Waals surface area contributed by atoms with Gasteiger partial charge in [-0.05, 0) is 5.53 Å². The van der Waals surface area contributed by atoms with Crippen LogP contribution in [0, 0.1) is 0 Å². The molecule has 0 aliphatic carbocycles. The zero-order valence-electron chi connectivity index (χ0n) is 7.78. The summed E-state index contributed by atoms with van der Waals surface area (Å²) in [5, 5.41) is 4.87. The Bertz CT molecular complexity index is 262. The Morgan fingerprint density at radius 2 is 2.27 bits per heavy atom. The van der Waals surface area contributed by atoms with E-state index in [9.17, 15) is 18.0 Å². The van der Waals surface area contributed by atoms with Crippen molar-refractivity contribution in [3.63, 3.8) is 0 Å². The lowest BCUT2D eigenvalue weighted by Gasteiger charge is -2.15. The maximum Gasteiger partial charge on any atom is 0.401 e. The Morgan fingerprint density at radius 1 is 1.67 bits per heavy atom. The first kappa shape index (κ1) is 13.5. The molecule has 0 aliphatic heterocycles. The van der Waals surface area contributed by atoms with E-state index >= 15 is 0 Å². The van der Waals surface area contributed by atoms with Crippen LogP contribution in [0.25, 0.3) is 10.4 Å². The Morgan fingerprint density at radius 3 is 2.67 bits per heavy atom. The molecule has 1 atom stereocenters. The summed E-state index contributed by atoms with van der Waals surface area (Å²) in [4.78, 5) is 13.2. The van der Waals surface area contributed by atoms with E-state index in [1.165, 1.54) is 0 Å². The number of nitrogens with one attached hydrogen (secondary N) is 1. The Kier molecular flexibility index (Phi) is 5.50. The summed E-state index contributed by atoms with van der Waals surface area (Å²) in [6.45, 7) is -1.78. The zero-order chi connectivity index (χ0) is 11.9. The number of hydrogen-bond acceptors (Lipinski definition) is 4. The number of methoxy groups -OCH3 is 1. The molecule has 1 N–H and O–H groups in total. The largest absolute Gasteiger partial charge is 0.468 e. The van der Waals surface area contributed by atoms with Crippen LogP contribution in [0.3, 0.4) is 0 Å². The molecule has 0 heterocycles. The van der Waals surface area contributed by atoms with Gasteiger partial charge in [-0.3, -0.25) is 10.1 Å². The average molecular weight is 226 g/mol. The van der Waals surface area contributed by atoms with Gasteiger partial charge in [0.25, 0.3) is 0 Å². The van der Waals surface area contributed by atoms with Gasteiger partial charge in [-0.15, -0.1) is 0 Å². The predicted molar refractivity (Wildman–Crippen MR) is 43.9 cm³/mol. The van der Waals surface area contributed by atoms with Gasteiger partial charge >= 0.3 is 12.1 Å². The number of nitrogens with zero attached hydrogens (tertiary/aromatic N) is 3. The van der Waals surface area contributed by atoms with E-state index in [2.05, 4.69) is 14.8 Å². The van der Waals surface area contributed by atoms with Gasteiger partial charge in [-0.1, -0.05) is 5.11 Å². The number of carbonyl (C=O) groups excluding carboxylic acids is 1. The van der Waals surface area contributed by atoms with Crippen LogP contribution in [0.5, 0.6) is 0 Å². The summed E-state index contributed by atoms with van der Waals surface area (Å²) in [5.74, 6) is -0.911. The predicted octanol–water partition coefficient (Wildman–Crippen LogP) is 0.990. The number of halogens is 3. The summed E-state index contributed by atoms with van der Waals surface area (Å²) >= 11 is 0. The van der Waals surface area contributed by atoms with Gasteiger partial charge in [0.05, 0.1) is 20.2 Å². The minimum atomic E-state index is -4.44. The highest BCUT2D eigenvalue weighted by Gasteiger charge is 2.30. The number of azide groups is 1. The van der Waals surface area contributed by atoms with E-state index in [1.54, 1.807) is 0 Å². The molecule has 86 valence electrons. The second kappa shape index (κ2) is 6.10. The van der Waals surface area contributed by atoms with Crippen LogP contribution in [0.2, 0.25) is 0 Å². The van der Waals surface area contributed by atoms with Gasteiger partial charge in [0.2, 0.25) is 0 Å². The SMILES string of the molecule is COC(=O)C(CN=[N+]=[N-])NCC(F)(F)F. The van der Waals surface area contributed by atoms with E-state index in [0.717, 1.165) is 7.11 Å². The summed E-state index contributed by atoms with van der Waals surface area (Å²) in [6, 6.07) is -1.28. The van der Waals surface area contributed by atoms with Crippen LogP contribution in [0.15, 0.2) is 5.11 Å². The smallest absolute Gasteiger partial charge is 0.401 e. The third-order valence-corrected chi connectivity index (χ3v) is 1.36. The van der Waals surface area contributed by atoms with Crippen molar-refractivity contribution < 1.29 is 22.7 Å². The van der Waals surface area contributed by atoms with E-state index in [-0.39, 0.29) is 0 Å². The topological polar surface area (TPSA) is 87.1 Å². The highest BCUT2D eigenvalue weighted by molar-refractivity contribution is 5.75. The molecule has 1 unspecified atom stereocenters. The molecule has 0 aliphatic rings. The van der Waals surface area contributed by atoms with Gasteiger partial charge in [0.15, 0.2) is 0 Å². The van der Waals surface area contributed by atoms with E-state index < -0.39 is 31.3 Å². The summed E-state index contributed by atoms with van der Waals surface area (Å²) in [6.07, 6.45) is -4.44. The number of esters is 1. The van der Waals surface area contributed by atoms with Gasteiger partial charge in [0.1, 0.15) is 6.04 Å². The first-order valence-electron chi connectivity index (χ1n) is 3.79. The third kappa shape index (κ3) is 6.58. The fourth-order valence-corrected chi connectivity index (χ4v) is 0.722. The number of ether oxygens (including phenoxy) is 1. The van der Waals surface area contributed by atoms with Crippen LogP contribution in [0.4, 0.5) is 13.2 Å². The molecule has 0 aromatic heterocycles. The lowest BCUT2D eigenvalue weighted by atomic mass is 10.3. The summed E-state index contributed by atoms with van der Waals surface area (Å²) < 4.78 is 39.6. The molecule has 0 aromatic carbocycles. The van der Waals surface area contributed by atoms with Gasteiger partial charge in [-0.25, -0.2) is 0 Å². The Balaban J connectivity index is 4.25. The lowest BCUT2D eigenvalue weighted by Crippen LogP contribution is -2.44. The minimum Gasteiger partial charge on any atom is -0.468 e. The normalized spacial score (nSPS) is 12.8. The highest BCUT2D eigenvalue weighted by Crippen LogP contribution is 2.12. The van der Waals surface area contributed by atoms with Gasteiger partial charge < -0.3 is 4.74 Å². The van der Waals surface area contributed by atoms with Crippen molar-refractivity contribution in [2.24, 2.45) is 5.11 Å². The van der Waals surface area contributed by atoms with Crippen LogP contribution >= 0.6 is 0 Å². The van der Waals surface area contributed by atoms with Crippen molar-refractivity contribution in [1.29, 1.82) is 0 Å². The zero-order valence-corrected chi connectivity index (χ0v) is 7.78. The molecule has 0 aromatic rings. The second-order valence-corrected chi connectivity index (χ2v) is 2.49. The highest BCUT2D eigenvalue weighted by atomic mass is 19.4. The molecule has 0 saturated carbocycles. The monoisotopic (exact) mass is 226 g/mol. The molecule has 0 saturated heterocycles. The fraction of sp³-hybridized carbons (Fsp3) is 0.833. The second-order valence-electron chi connectivity index (χ2n) is 2.49. The molecule has 15 heavy (non-hydrogen) atoms. The third-order valence-electron chi connectivity index (χ3n) is 1.36. The minimum absolute atomic E-state index is 0.431. The molecular weight excluding hydrogens is 217 g/mol. The van der Waals surface area contributed by atoms with Crippen molar-refractivity contribution in [1.82, 2.24) is 5.32 Å². The van der Waals surface area contributed by atoms with Crippen LogP contribution in [-0.4, -0.2) is 38.4 Å². The van der Waals surface area contributed by atoms with Crippen LogP contribution < -0.4 is 5.32 Å². The molecule has 6 nitrogen and oxygen atoms in total. The van der Waals surface area contributed by atoms with Crippen molar-refractivity contribution in [2.45, 2.75) is 12.2 Å². The van der Waals surface area contributed by atoms with Crippen molar-refractivity contribution in [2.75, 3.05) is 20.2 Å². The van der Waals surface area contributed by atoms with Crippen LogP contribution in [0.1, 0.15) is 0 Å². The quantitative estimate of drug-likeness (QED) is 0.328. The summed E-state index contributed by atoms with van der Waals surface area (Å²) in [7, 11) is 1.03. The molecule has 0 fully saturated rings.